The fourth-order valence-corrected chi connectivity index (χ4v) is 2.05. The molecule has 0 aliphatic heterocycles. The Morgan fingerprint density at radius 1 is 0.882 bits per heavy atom. The van der Waals surface area contributed by atoms with Crippen molar-refractivity contribution in [3.63, 3.8) is 0 Å². The summed E-state index contributed by atoms with van der Waals surface area (Å²) in [5, 5.41) is 1.40. The summed E-state index contributed by atoms with van der Waals surface area (Å²) in [4.78, 5) is 0. The average Bonchev–Trinajstić information content (AvgIpc) is 2.33. The molecule has 0 aliphatic rings. The Bertz CT molecular complexity index is 497. The summed E-state index contributed by atoms with van der Waals surface area (Å²) in [6, 6.07) is 15.1. The number of hydrogen-bond acceptors (Lipinski definition) is 2. The second-order valence-electron chi connectivity index (χ2n) is 3.71. The summed E-state index contributed by atoms with van der Waals surface area (Å²) in [6.07, 6.45) is 0. The molecule has 1 atom stereocenters. The lowest BCUT2D eigenvalue weighted by Gasteiger charge is -2.17. The number of benzene rings is 2. The Kier molecular flexibility index (Phi) is 4.02. The molecule has 0 aromatic heterocycles. The van der Waals surface area contributed by atoms with E-state index in [0.29, 0.717) is 10.0 Å². The van der Waals surface area contributed by atoms with Crippen molar-refractivity contribution in [3.8, 4) is 0 Å². The molecule has 88 valence electrons. The van der Waals surface area contributed by atoms with Gasteiger partial charge in [0.1, 0.15) is 0 Å². The Labute approximate surface area is 110 Å². The first-order valence-electron chi connectivity index (χ1n) is 5.18. The molecule has 17 heavy (non-hydrogen) atoms. The van der Waals surface area contributed by atoms with E-state index in [-0.39, 0.29) is 6.04 Å². The molecule has 0 bridgehead atoms. The second kappa shape index (κ2) is 5.52. The molecule has 0 fully saturated rings. The van der Waals surface area contributed by atoms with Gasteiger partial charge < -0.3 is 0 Å². The summed E-state index contributed by atoms with van der Waals surface area (Å²) in [5.41, 5.74) is 4.84. The van der Waals surface area contributed by atoms with Gasteiger partial charge in [0.15, 0.2) is 0 Å². The minimum Gasteiger partial charge on any atom is -0.271 e. The van der Waals surface area contributed by atoms with Crippen LogP contribution in [0.4, 0.5) is 0 Å². The molecule has 2 aromatic carbocycles. The Morgan fingerprint density at radius 2 is 1.59 bits per heavy atom. The lowest BCUT2D eigenvalue weighted by Crippen LogP contribution is -2.28. The lowest BCUT2D eigenvalue weighted by molar-refractivity contribution is 0.637. The molecule has 0 saturated heterocycles. The molecule has 0 amide bonds. The number of hydrazine groups is 1. The summed E-state index contributed by atoms with van der Waals surface area (Å²) >= 11 is 11.8. The third-order valence-corrected chi connectivity index (χ3v) is 3.04. The van der Waals surface area contributed by atoms with Gasteiger partial charge in [0, 0.05) is 10.0 Å². The maximum Gasteiger partial charge on any atom is 0.0710 e. The molecule has 2 aromatic rings. The highest BCUT2D eigenvalue weighted by atomic mass is 35.5. The monoisotopic (exact) mass is 266 g/mol. The SMILES string of the molecule is NNC(c1ccc(Cl)cc1)c1cccc(Cl)c1. The van der Waals surface area contributed by atoms with E-state index in [2.05, 4.69) is 5.43 Å². The van der Waals surface area contributed by atoms with Crippen LogP contribution in [0.1, 0.15) is 17.2 Å². The van der Waals surface area contributed by atoms with Crippen LogP contribution in [0.25, 0.3) is 0 Å². The summed E-state index contributed by atoms with van der Waals surface area (Å²) < 4.78 is 0. The van der Waals surface area contributed by atoms with E-state index < -0.39 is 0 Å². The predicted molar refractivity (Wildman–Crippen MR) is 72.1 cm³/mol. The van der Waals surface area contributed by atoms with Crippen LogP contribution < -0.4 is 11.3 Å². The molecular weight excluding hydrogens is 255 g/mol. The van der Waals surface area contributed by atoms with E-state index in [9.17, 15) is 0 Å². The average molecular weight is 267 g/mol. The fraction of sp³-hybridized carbons (Fsp3) is 0.0769. The molecule has 0 aliphatic carbocycles. The van der Waals surface area contributed by atoms with Crippen molar-refractivity contribution in [2.45, 2.75) is 6.04 Å². The molecule has 0 saturated carbocycles. The molecule has 3 N–H and O–H groups in total. The molecule has 1 unspecified atom stereocenters. The highest BCUT2D eigenvalue weighted by molar-refractivity contribution is 6.30. The van der Waals surface area contributed by atoms with Crippen LogP contribution in [0.15, 0.2) is 48.5 Å². The maximum atomic E-state index is 5.97. The zero-order valence-electron chi connectivity index (χ0n) is 9.03. The van der Waals surface area contributed by atoms with Crippen molar-refractivity contribution < 1.29 is 0 Å². The highest BCUT2D eigenvalue weighted by Crippen LogP contribution is 2.24. The second-order valence-corrected chi connectivity index (χ2v) is 4.58. The molecule has 0 radical (unpaired) electrons. The van der Waals surface area contributed by atoms with E-state index in [0.717, 1.165) is 11.1 Å². The van der Waals surface area contributed by atoms with Crippen molar-refractivity contribution >= 4 is 23.2 Å². The minimum absolute atomic E-state index is 0.0917. The van der Waals surface area contributed by atoms with Gasteiger partial charge in [-0.1, -0.05) is 47.5 Å². The van der Waals surface area contributed by atoms with Gasteiger partial charge in [0.2, 0.25) is 0 Å². The minimum atomic E-state index is -0.0917. The first-order chi connectivity index (χ1) is 8.20. The van der Waals surface area contributed by atoms with Crippen LogP contribution >= 0.6 is 23.2 Å². The van der Waals surface area contributed by atoms with Gasteiger partial charge in [-0.3, -0.25) is 5.84 Å². The number of halogens is 2. The summed E-state index contributed by atoms with van der Waals surface area (Å²) in [6.45, 7) is 0. The van der Waals surface area contributed by atoms with E-state index in [4.69, 9.17) is 29.0 Å². The number of nitrogens with two attached hydrogens (primary N) is 1. The lowest BCUT2D eigenvalue weighted by atomic mass is 9.99. The van der Waals surface area contributed by atoms with Crippen LogP contribution in [-0.4, -0.2) is 0 Å². The van der Waals surface area contributed by atoms with Crippen LogP contribution in [0.2, 0.25) is 10.0 Å². The Balaban J connectivity index is 2.36. The van der Waals surface area contributed by atoms with Gasteiger partial charge in [0.05, 0.1) is 6.04 Å². The number of rotatable bonds is 3. The van der Waals surface area contributed by atoms with Gasteiger partial charge in [-0.25, -0.2) is 5.43 Å². The van der Waals surface area contributed by atoms with Crippen molar-refractivity contribution in [1.29, 1.82) is 0 Å². The summed E-state index contributed by atoms with van der Waals surface area (Å²) in [5.74, 6) is 5.60. The third-order valence-electron chi connectivity index (χ3n) is 2.55. The van der Waals surface area contributed by atoms with Crippen LogP contribution in [-0.2, 0) is 0 Å². The summed E-state index contributed by atoms with van der Waals surface area (Å²) in [7, 11) is 0. The molecule has 0 spiro atoms. The fourth-order valence-electron chi connectivity index (χ4n) is 1.73. The van der Waals surface area contributed by atoms with Crippen LogP contribution in [0.5, 0.6) is 0 Å². The van der Waals surface area contributed by atoms with Gasteiger partial charge in [-0.2, -0.15) is 0 Å². The molecular formula is C13H12Cl2N2. The van der Waals surface area contributed by atoms with Crippen molar-refractivity contribution in [2.24, 2.45) is 5.84 Å². The topological polar surface area (TPSA) is 38.0 Å². The standard InChI is InChI=1S/C13H12Cl2N2/c14-11-6-4-9(5-7-11)13(17-16)10-2-1-3-12(15)8-10/h1-8,13,17H,16H2. The van der Waals surface area contributed by atoms with Crippen LogP contribution in [0.3, 0.4) is 0 Å². The van der Waals surface area contributed by atoms with Crippen molar-refractivity contribution in [1.82, 2.24) is 5.43 Å². The largest absolute Gasteiger partial charge is 0.271 e. The zero-order chi connectivity index (χ0) is 12.3. The smallest absolute Gasteiger partial charge is 0.0710 e. The Hall–Kier alpha value is -1.06. The third kappa shape index (κ3) is 2.99. The molecule has 2 rings (SSSR count). The predicted octanol–water partition coefficient (Wildman–Crippen LogP) is 3.55. The van der Waals surface area contributed by atoms with Crippen LogP contribution in [0, 0.1) is 0 Å². The Morgan fingerprint density at radius 3 is 2.18 bits per heavy atom. The number of hydrogen-bond donors (Lipinski definition) is 2. The first-order valence-corrected chi connectivity index (χ1v) is 5.93. The van der Waals surface area contributed by atoms with Crippen molar-refractivity contribution in [2.75, 3.05) is 0 Å². The van der Waals surface area contributed by atoms with E-state index in [1.54, 1.807) is 0 Å². The first kappa shape index (κ1) is 12.4. The number of nitrogens with one attached hydrogen (secondary N) is 1. The normalized spacial score (nSPS) is 12.4. The molecule has 0 heterocycles. The van der Waals surface area contributed by atoms with Gasteiger partial charge in [-0.05, 0) is 35.4 Å². The highest BCUT2D eigenvalue weighted by Gasteiger charge is 2.12. The molecule has 4 heteroatoms. The van der Waals surface area contributed by atoms with Crippen molar-refractivity contribution in [3.05, 3.63) is 69.7 Å². The van der Waals surface area contributed by atoms with Gasteiger partial charge >= 0.3 is 0 Å². The van der Waals surface area contributed by atoms with Gasteiger partial charge in [0.25, 0.3) is 0 Å². The van der Waals surface area contributed by atoms with Gasteiger partial charge in [-0.15, -0.1) is 0 Å². The maximum absolute atomic E-state index is 5.97. The molecule has 2 nitrogen and oxygen atoms in total. The quantitative estimate of drug-likeness (QED) is 0.659. The van der Waals surface area contributed by atoms with E-state index >= 15 is 0 Å². The van der Waals surface area contributed by atoms with E-state index in [1.165, 1.54) is 0 Å². The van der Waals surface area contributed by atoms with E-state index in [1.807, 2.05) is 48.5 Å². The zero-order valence-corrected chi connectivity index (χ0v) is 10.5.